The summed E-state index contributed by atoms with van der Waals surface area (Å²) in [7, 11) is 1.36. The number of nitrogens with one attached hydrogen (secondary N) is 1. The molecule has 1 N–H and O–H groups in total. The SMILES string of the molecule is COC(=O)NC1(c2nnnn2-c2cccc(Cl)c2C)CCCCC1. The van der Waals surface area contributed by atoms with Crippen molar-refractivity contribution < 1.29 is 9.53 Å². The first kappa shape index (κ1) is 16.7. The minimum Gasteiger partial charge on any atom is -0.453 e. The molecule has 8 heteroatoms. The van der Waals surface area contributed by atoms with Gasteiger partial charge in [0.25, 0.3) is 0 Å². The Hall–Kier alpha value is -2.15. The Labute approximate surface area is 145 Å². The zero-order valence-electron chi connectivity index (χ0n) is 13.8. The molecule has 0 saturated heterocycles. The Morgan fingerprint density at radius 3 is 2.79 bits per heavy atom. The fourth-order valence-electron chi connectivity index (χ4n) is 3.28. The number of hydrogen-bond donors (Lipinski definition) is 1. The highest BCUT2D eigenvalue weighted by atomic mass is 35.5. The Bertz CT molecular complexity index is 740. The largest absolute Gasteiger partial charge is 0.453 e. The van der Waals surface area contributed by atoms with Crippen LogP contribution in [0.25, 0.3) is 5.69 Å². The number of tetrazole rings is 1. The third kappa shape index (κ3) is 2.96. The van der Waals surface area contributed by atoms with Crippen LogP contribution in [0.2, 0.25) is 5.02 Å². The first-order valence-electron chi connectivity index (χ1n) is 7.98. The summed E-state index contributed by atoms with van der Waals surface area (Å²) in [5, 5.41) is 15.8. The zero-order chi connectivity index (χ0) is 17.2. The standard InChI is InChI=1S/C16H20ClN5O2/c1-11-12(17)7-6-8-13(11)22-14(19-20-21-22)16(18-15(23)24-2)9-4-3-5-10-16/h6-8H,3-5,9-10H2,1-2H3,(H,18,23). The van der Waals surface area contributed by atoms with Crippen molar-refractivity contribution in [1.29, 1.82) is 0 Å². The first-order valence-corrected chi connectivity index (χ1v) is 8.36. The highest BCUT2D eigenvalue weighted by Gasteiger charge is 2.41. The van der Waals surface area contributed by atoms with Gasteiger partial charge < -0.3 is 10.1 Å². The average molecular weight is 350 g/mol. The lowest BCUT2D eigenvalue weighted by atomic mass is 9.81. The molecule has 2 aromatic rings. The predicted molar refractivity (Wildman–Crippen MR) is 89.2 cm³/mol. The van der Waals surface area contributed by atoms with Gasteiger partial charge in [-0.25, -0.2) is 4.79 Å². The van der Waals surface area contributed by atoms with E-state index in [2.05, 4.69) is 20.8 Å². The quantitative estimate of drug-likeness (QED) is 0.920. The van der Waals surface area contributed by atoms with Gasteiger partial charge in [-0.1, -0.05) is 36.9 Å². The molecule has 24 heavy (non-hydrogen) atoms. The number of aromatic nitrogens is 4. The molecular weight excluding hydrogens is 330 g/mol. The molecule has 1 aromatic carbocycles. The molecule has 1 fully saturated rings. The highest BCUT2D eigenvalue weighted by Crippen LogP contribution is 2.37. The van der Waals surface area contributed by atoms with E-state index in [4.69, 9.17) is 16.3 Å². The Morgan fingerprint density at radius 1 is 1.33 bits per heavy atom. The maximum absolute atomic E-state index is 11.9. The number of carbonyl (C=O) groups is 1. The second-order valence-corrected chi connectivity index (χ2v) is 6.46. The topological polar surface area (TPSA) is 81.9 Å². The normalized spacial score (nSPS) is 16.6. The molecular formula is C16H20ClN5O2. The Kier molecular flexibility index (Phi) is 4.71. The van der Waals surface area contributed by atoms with E-state index in [1.54, 1.807) is 4.68 Å². The van der Waals surface area contributed by atoms with Gasteiger partial charge in [0.1, 0.15) is 5.54 Å². The summed E-state index contributed by atoms with van der Waals surface area (Å²) in [4.78, 5) is 11.9. The number of rotatable bonds is 3. The summed E-state index contributed by atoms with van der Waals surface area (Å²) < 4.78 is 6.48. The highest BCUT2D eigenvalue weighted by molar-refractivity contribution is 6.31. The molecule has 3 rings (SSSR count). The number of benzene rings is 1. The number of ether oxygens (including phenoxy) is 1. The van der Waals surface area contributed by atoms with E-state index in [9.17, 15) is 4.79 Å². The minimum atomic E-state index is -0.635. The van der Waals surface area contributed by atoms with Crippen molar-refractivity contribution in [2.45, 2.75) is 44.6 Å². The van der Waals surface area contributed by atoms with Crippen LogP contribution in [0.1, 0.15) is 43.5 Å². The molecule has 0 bridgehead atoms. The van der Waals surface area contributed by atoms with Crippen molar-refractivity contribution in [3.63, 3.8) is 0 Å². The second kappa shape index (κ2) is 6.76. The number of hydrogen-bond acceptors (Lipinski definition) is 5. The van der Waals surface area contributed by atoms with Gasteiger partial charge in [-0.3, -0.25) is 0 Å². The lowest BCUT2D eigenvalue weighted by Crippen LogP contribution is -2.49. The average Bonchev–Trinajstić information content (AvgIpc) is 3.08. The summed E-state index contributed by atoms with van der Waals surface area (Å²) in [6.45, 7) is 1.92. The smallest absolute Gasteiger partial charge is 0.407 e. The Balaban J connectivity index is 2.09. The van der Waals surface area contributed by atoms with Crippen LogP contribution in [-0.4, -0.2) is 33.4 Å². The van der Waals surface area contributed by atoms with Crippen LogP contribution in [0.15, 0.2) is 18.2 Å². The molecule has 0 radical (unpaired) electrons. The Morgan fingerprint density at radius 2 is 2.08 bits per heavy atom. The zero-order valence-corrected chi connectivity index (χ0v) is 14.5. The molecule has 7 nitrogen and oxygen atoms in total. The number of halogens is 1. The summed E-state index contributed by atoms with van der Waals surface area (Å²) in [6.07, 6.45) is 4.16. The van der Waals surface area contributed by atoms with Gasteiger partial charge in [0.15, 0.2) is 5.82 Å². The fraction of sp³-hybridized carbons (Fsp3) is 0.500. The number of carbonyl (C=O) groups excluding carboxylic acids is 1. The van der Waals surface area contributed by atoms with E-state index in [0.29, 0.717) is 10.8 Å². The van der Waals surface area contributed by atoms with Gasteiger partial charge in [0.05, 0.1) is 12.8 Å². The molecule has 1 amide bonds. The van der Waals surface area contributed by atoms with E-state index >= 15 is 0 Å². The second-order valence-electron chi connectivity index (χ2n) is 6.06. The van der Waals surface area contributed by atoms with Crippen molar-refractivity contribution in [3.05, 3.63) is 34.6 Å². The van der Waals surface area contributed by atoms with Crippen LogP contribution in [0.4, 0.5) is 4.79 Å². The predicted octanol–water partition coefficient (Wildman–Crippen LogP) is 3.14. The van der Waals surface area contributed by atoms with Gasteiger partial charge in [-0.2, -0.15) is 4.68 Å². The summed E-state index contributed by atoms with van der Waals surface area (Å²) in [5.74, 6) is 0.609. The molecule has 0 spiro atoms. The monoisotopic (exact) mass is 349 g/mol. The van der Waals surface area contributed by atoms with Crippen LogP contribution in [0.5, 0.6) is 0 Å². The molecule has 128 valence electrons. The van der Waals surface area contributed by atoms with Gasteiger partial charge in [-0.15, -0.1) is 5.10 Å². The number of methoxy groups -OCH3 is 1. The minimum absolute atomic E-state index is 0.478. The summed E-state index contributed by atoms with van der Waals surface area (Å²) in [6, 6.07) is 5.60. The molecule has 1 aliphatic rings. The fourth-order valence-corrected chi connectivity index (χ4v) is 3.45. The van der Waals surface area contributed by atoms with E-state index in [-0.39, 0.29) is 0 Å². The van der Waals surface area contributed by atoms with Crippen molar-refractivity contribution in [2.24, 2.45) is 0 Å². The maximum atomic E-state index is 11.9. The first-order chi connectivity index (χ1) is 11.6. The van der Waals surface area contributed by atoms with Crippen LogP contribution in [-0.2, 0) is 10.3 Å². The molecule has 0 unspecified atom stereocenters. The molecule has 1 heterocycles. The van der Waals surface area contributed by atoms with Crippen molar-refractivity contribution >= 4 is 17.7 Å². The van der Waals surface area contributed by atoms with E-state index in [0.717, 1.165) is 43.4 Å². The molecule has 0 atom stereocenters. The molecule has 1 aromatic heterocycles. The maximum Gasteiger partial charge on any atom is 0.407 e. The molecule has 1 saturated carbocycles. The van der Waals surface area contributed by atoms with E-state index in [1.165, 1.54) is 7.11 Å². The van der Waals surface area contributed by atoms with E-state index < -0.39 is 11.6 Å². The van der Waals surface area contributed by atoms with Crippen molar-refractivity contribution in [2.75, 3.05) is 7.11 Å². The third-order valence-electron chi connectivity index (χ3n) is 4.60. The third-order valence-corrected chi connectivity index (χ3v) is 5.01. The lowest BCUT2D eigenvalue weighted by molar-refractivity contribution is 0.139. The van der Waals surface area contributed by atoms with Gasteiger partial charge in [-0.05, 0) is 47.9 Å². The van der Waals surface area contributed by atoms with Gasteiger partial charge >= 0.3 is 6.09 Å². The van der Waals surface area contributed by atoms with Gasteiger partial charge in [0.2, 0.25) is 0 Å². The summed E-state index contributed by atoms with van der Waals surface area (Å²) >= 11 is 6.24. The van der Waals surface area contributed by atoms with E-state index in [1.807, 2.05) is 25.1 Å². The van der Waals surface area contributed by atoms with Crippen molar-refractivity contribution in [1.82, 2.24) is 25.5 Å². The number of alkyl carbamates (subject to hydrolysis) is 1. The lowest BCUT2D eigenvalue weighted by Gasteiger charge is -2.36. The molecule has 1 aliphatic carbocycles. The van der Waals surface area contributed by atoms with Crippen LogP contribution in [0, 0.1) is 6.92 Å². The van der Waals surface area contributed by atoms with Gasteiger partial charge in [0, 0.05) is 5.02 Å². The molecule has 0 aliphatic heterocycles. The van der Waals surface area contributed by atoms with Crippen molar-refractivity contribution in [3.8, 4) is 5.69 Å². The van der Waals surface area contributed by atoms with Crippen LogP contribution < -0.4 is 5.32 Å². The number of amides is 1. The summed E-state index contributed by atoms with van der Waals surface area (Å²) in [5.41, 5.74) is 1.06. The van der Waals surface area contributed by atoms with Crippen LogP contribution in [0.3, 0.4) is 0 Å². The number of nitrogens with zero attached hydrogens (tertiary/aromatic N) is 4. The van der Waals surface area contributed by atoms with Crippen LogP contribution >= 0.6 is 11.6 Å².